The van der Waals surface area contributed by atoms with Crippen LogP contribution in [0.5, 0.6) is 0 Å². The van der Waals surface area contributed by atoms with E-state index in [0.29, 0.717) is 0 Å². The van der Waals surface area contributed by atoms with E-state index in [-0.39, 0.29) is 5.41 Å². The zero-order chi connectivity index (χ0) is 15.8. The predicted octanol–water partition coefficient (Wildman–Crippen LogP) is 5.53. The van der Waals surface area contributed by atoms with E-state index in [1.54, 1.807) is 0 Å². The van der Waals surface area contributed by atoms with Crippen LogP contribution in [-0.2, 0) is 0 Å². The smallest absolute Gasteiger partial charge is 0.0689 e. The molecule has 1 heterocycles. The monoisotopic (exact) mass is 304 g/mol. The Morgan fingerprint density at radius 2 is 1.64 bits per heavy atom. The van der Waals surface area contributed by atoms with E-state index < -0.39 is 0 Å². The molecule has 2 heteroatoms. The molecule has 0 aromatic carbocycles. The van der Waals surface area contributed by atoms with Crippen molar-refractivity contribution in [2.45, 2.75) is 96.9 Å². The molecule has 0 aromatic heterocycles. The summed E-state index contributed by atoms with van der Waals surface area (Å²) < 4.78 is 0. The molecule has 0 atom stereocenters. The topological polar surface area (TPSA) is 27.0 Å². The molecule has 1 aliphatic heterocycles. The minimum absolute atomic E-state index is 0.0198. The summed E-state index contributed by atoms with van der Waals surface area (Å²) in [4.78, 5) is 2.75. The summed E-state index contributed by atoms with van der Waals surface area (Å²) >= 11 is 0. The van der Waals surface area contributed by atoms with Crippen LogP contribution in [0.25, 0.3) is 0 Å². The van der Waals surface area contributed by atoms with Gasteiger partial charge in [0.15, 0.2) is 0 Å². The third kappa shape index (κ3) is 4.72. The van der Waals surface area contributed by atoms with Gasteiger partial charge in [-0.2, -0.15) is 5.26 Å². The molecular formula is C20H36N2. The second-order valence-corrected chi connectivity index (χ2v) is 7.85. The molecule has 1 saturated heterocycles. The lowest BCUT2D eigenvalue weighted by atomic mass is 9.70. The number of nitriles is 1. The molecule has 2 aliphatic rings. The van der Waals surface area contributed by atoms with Crippen molar-refractivity contribution in [3.05, 3.63) is 0 Å². The molecule has 1 saturated carbocycles. The van der Waals surface area contributed by atoms with Crippen molar-refractivity contribution in [2.75, 3.05) is 13.1 Å². The van der Waals surface area contributed by atoms with Gasteiger partial charge in [0, 0.05) is 6.04 Å². The Hall–Kier alpha value is -0.550. The summed E-state index contributed by atoms with van der Waals surface area (Å²) in [7, 11) is 0. The molecule has 2 nitrogen and oxygen atoms in total. The molecule has 0 unspecified atom stereocenters. The average molecular weight is 305 g/mol. The van der Waals surface area contributed by atoms with Crippen LogP contribution in [0.1, 0.15) is 90.9 Å². The van der Waals surface area contributed by atoms with E-state index >= 15 is 0 Å². The first-order chi connectivity index (χ1) is 10.7. The maximum atomic E-state index is 9.62. The number of piperidine rings is 1. The van der Waals surface area contributed by atoms with Crippen molar-refractivity contribution >= 4 is 0 Å². The summed E-state index contributed by atoms with van der Waals surface area (Å²) in [6.07, 6.45) is 15.4. The van der Waals surface area contributed by atoms with E-state index in [0.717, 1.165) is 31.2 Å². The highest BCUT2D eigenvalue weighted by Gasteiger charge is 2.37. The molecule has 0 spiro atoms. The first kappa shape index (κ1) is 17.8. The summed E-state index contributed by atoms with van der Waals surface area (Å²) in [5.74, 6) is 0.988. The normalized spacial score (nSPS) is 31.0. The standard InChI is InChI=1S/C20H36N2/c1-3-5-7-18-10-15-22(16-11-18)19-8-13-20(17-21,14-9-19)12-6-4-2/h18-19H,3-16H2,1-2H3. The van der Waals surface area contributed by atoms with E-state index in [2.05, 4.69) is 24.8 Å². The molecule has 0 aromatic rings. The molecular weight excluding hydrogens is 268 g/mol. The van der Waals surface area contributed by atoms with Gasteiger partial charge in [0.25, 0.3) is 0 Å². The van der Waals surface area contributed by atoms with Crippen LogP contribution in [0.2, 0.25) is 0 Å². The maximum absolute atomic E-state index is 9.62. The Labute approximate surface area is 138 Å². The van der Waals surface area contributed by atoms with Crippen LogP contribution < -0.4 is 0 Å². The molecule has 0 N–H and O–H groups in total. The molecule has 0 amide bonds. The summed E-state index contributed by atoms with van der Waals surface area (Å²) in [6, 6.07) is 3.46. The van der Waals surface area contributed by atoms with E-state index in [1.807, 2.05) is 0 Å². The van der Waals surface area contributed by atoms with Gasteiger partial charge in [0.2, 0.25) is 0 Å². The minimum Gasteiger partial charge on any atom is -0.300 e. The van der Waals surface area contributed by atoms with Crippen LogP contribution in [0.15, 0.2) is 0 Å². The lowest BCUT2D eigenvalue weighted by Gasteiger charge is -2.43. The van der Waals surface area contributed by atoms with Crippen molar-refractivity contribution in [3.8, 4) is 6.07 Å². The Morgan fingerprint density at radius 3 is 2.18 bits per heavy atom. The minimum atomic E-state index is 0.0198. The van der Waals surface area contributed by atoms with Crippen molar-refractivity contribution in [1.82, 2.24) is 4.90 Å². The van der Waals surface area contributed by atoms with Gasteiger partial charge in [-0.05, 0) is 64.0 Å². The number of nitrogens with zero attached hydrogens (tertiary/aromatic N) is 2. The van der Waals surface area contributed by atoms with Gasteiger partial charge in [-0.3, -0.25) is 0 Å². The van der Waals surface area contributed by atoms with Gasteiger partial charge in [-0.1, -0.05) is 46.0 Å². The molecule has 22 heavy (non-hydrogen) atoms. The van der Waals surface area contributed by atoms with E-state index in [9.17, 15) is 5.26 Å². The number of likely N-dealkylation sites (tertiary alicyclic amines) is 1. The average Bonchev–Trinajstić information content (AvgIpc) is 2.59. The lowest BCUT2D eigenvalue weighted by Crippen LogP contribution is -2.44. The Bertz CT molecular complexity index is 341. The lowest BCUT2D eigenvalue weighted by molar-refractivity contribution is 0.0757. The molecule has 2 rings (SSSR count). The summed E-state index contributed by atoms with van der Waals surface area (Å²) in [5.41, 5.74) is 0.0198. The van der Waals surface area contributed by atoms with Crippen LogP contribution in [0.4, 0.5) is 0 Å². The fourth-order valence-electron chi connectivity index (χ4n) is 4.55. The SMILES string of the molecule is CCCCC1CCN(C2CCC(C#N)(CCCC)CC2)CC1. The molecule has 2 fully saturated rings. The van der Waals surface area contributed by atoms with Crippen LogP contribution >= 0.6 is 0 Å². The summed E-state index contributed by atoms with van der Waals surface area (Å²) in [6.45, 7) is 7.16. The second kappa shape index (κ2) is 8.92. The van der Waals surface area contributed by atoms with Crippen molar-refractivity contribution in [2.24, 2.45) is 11.3 Å². The fourth-order valence-corrected chi connectivity index (χ4v) is 4.55. The molecule has 126 valence electrons. The van der Waals surface area contributed by atoms with Gasteiger partial charge in [-0.15, -0.1) is 0 Å². The Kier molecular flexibility index (Phi) is 7.22. The summed E-state index contributed by atoms with van der Waals surface area (Å²) in [5, 5.41) is 9.62. The third-order valence-corrected chi connectivity index (χ3v) is 6.29. The first-order valence-corrected chi connectivity index (χ1v) is 9.88. The number of hydrogen-bond acceptors (Lipinski definition) is 2. The first-order valence-electron chi connectivity index (χ1n) is 9.88. The highest BCUT2D eigenvalue weighted by molar-refractivity contribution is 5.02. The second-order valence-electron chi connectivity index (χ2n) is 7.85. The van der Waals surface area contributed by atoms with Crippen LogP contribution in [0, 0.1) is 22.7 Å². The molecule has 0 bridgehead atoms. The largest absolute Gasteiger partial charge is 0.300 e. The van der Waals surface area contributed by atoms with Crippen molar-refractivity contribution < 1.29 is 0 Å². The van der Waals surface area contributed by atoms with Gasteiger partial charge < -0.3 is 4.90 Å². The van der Waals surface area contributed by atoms with Crippen molar-refractivity contribution in [1.29, 1.82) is 5.26 Å². The van der Waals surface area contributed by atoms with E-state index in [1.165, 1.54) is 70.9 Å². The highest BCUT2D eigenvalue weighted by atomic mass is 15.2. The zero-order valence-corrected chi connectivity index (χ0v) is 14.9. The van der Waals surface area contributed by atoms with Gasteiger partial charge in [0.1, 0.15) is 0 Å². The number of unbranched alkanes of at least 4 members (excludes halogenated alkanes) is 2. The predicted molar refractivity (Wildman–Crippen MR) is 93.6 cm³/mol. The van der Waals surface area contributed by atoms with Crippen molar-refractivity contribution in [3.63, 3.8) is 0 Å². The molecule has 1 aliphatic carbocycles. The van der Waals surface area contributed by atoms with Gasteiger partial charge in [-0.25, -0.2) is 0 Å². The van der Waals surface area contributed by atoms with Gasteiger partial charge >= 0.3 is 0 Å². The molecule has 0 radical (unpaired) electrons. The fraction of sp³-hybridized carbons (Fsp3) is 0.950. The number of hydrogen-bond donors (Lipinski definition) is 0. The maximum Gasteiger partial charge on any atom is 0.0689 e. The zero-order valence-electron chi connectivity index (χ0n) is 14.9. The highest BCUT2D eigenvalue weighted by Crippen LogP contribution is 2.42. The Balaban J connectivity index is 1.74. The number of rotatable bonds is 7. The third-order valence-electron chi connectivity index (χ3n) is 6.29. The quantitative estimate of drug-likeness (QED) is 0.618. The van der Waals surface area contributed by atoms with Crippen LogP contribution in [-0.4, -0.2) is 24.0 Å². The van der Waals surface area contributed by atoms with E-state index in [4.69, 9.17) is 0 Å². The van der Waals surface area contributed by atoms with Crippen LogP contribution in [0.3, 0.4) is 0 Å². The Morgan fingerprint density at radius 1 is 1.00 bits per heavy atom. The van der Waals surface area contributed by atoms with Gasteiger partial charge in [0.05, 0.1) is 11.5 Å².